The first kappa shape index (κ1) is 16.1. The second-order valence-corrected chi connectivity index (χ2v) is 6.85. The molecule has 0 amide bonds. The molecule has 16 heavy (non-hydrogen) atoms. The number of nitrogens with zero attached hydrogens (tertiary/aromatic N) is 1. The summed E-state index contributed by atoms with van der Waals surface area (Å²) in [5.74, 6) is 0. The fraction of sp³-hybridized carbons (Fsp3) is 1.00. The van der Waals surface area contributed by atoms with Gasteiger partial charge in [-0.1, -0.05) is 13.8 Å². The second-order valence-electron chi connectivity index (χ2n) is 4.06. The van der Waals surface area contributed by atoms with Crippen molar-refractivity contribution in [2.24, 2.45) is 0 Å². The van der Waals surface area contributed by atoms with Crippen LogP contribution in [0.2, 0.25) is 0 Å². The molecule has 0 aromatic rings. The lowest BCUT2D eigenvalue weighted by atomic mass is 10.2. The minimum atomic E-state index is -2.68. The van der Waals surface area contributed by atoms with E-state index < -0.39 is 8.97 Å². The van der Waals surface area contributed by atoms with Gasteiger partial charge in [-0.2, -0.15) is 0 Å². The molecule has 0 radical (unpaired) electrons. The molecule has 0 saturated heterocycles. The second kappa shape index (κ2) is 7.40. The van der Waals surface area contributed by atoms with E-state index in [1.807, 2.05) is 0 Å². The van der Waals surface area contributed by atoms with Crippen molar-refractivity contribution in [1.29, 1.82) is 0 Å². The highest BCUT2D eigenvalue weighted by molar-refractivity contribution is 6.57. The van der Waals surface area contributed by atoms with Gasteiger partial charge >= 0.3 is 8.97 Å². The highest BCUT2D eigenvalue weighted by Gasteiger charge is 2.50. The number of hydrogen-bond acceptors (Lipinski definition) is 4. The summed E-state index contributed by atoms with van der Waals surface area (Å²) in [6.45, 7) is 8.70. The van der Waals surface area contributed by atoms with Gasteiger partial charge in [0, 0.05) is 33.4 Å². The van der Waals surface area contributed by atoms with Crippen molar-refractivity contribution in [3.8, 4) is 0 Å². The van der Waals surface area contributed by atoms with Crippen LogP contribution in [0.1, 0.15) is 40.5 Å². The molecular weight excluding hydrogens is 222 g/mol. The molecule has 0 aliphatic carbocycles. The molecule has 0 aliphatic heterocycles. The molecule has 98 valence electrons. The van der Waals surface area contributed by atoms with E-state index in [0.717, 1.165) is 12.8 Å². The maximum atomic E-state index is 5.56. The maximum Gasteiger partial charge on any atom is 0.599 e. The molecule has 0 saturated carbocycles. The predicted molar refractivity (Wildman–Crippen MR) is 68.1 cm³/mol. The number of rotatable bonds is 8. The van der Waals surface area contributed by atoms with Gasteiger partial charge in [-0.05, 0) is 26.7 Å². The van der Waals surface area contributed by atoms with Crippen LogP contribution in [0, 0.1) is 0 Å². The molecule has 5 heteroatoms. The van der Waals surface area contributed by atoms with Gasteiger partial charge < -0.3 is 13.3 Å². The molecule has 0 aliphatic rings. The van der Waals surface area contributed by atoms with Crippen LogP contribution in [0.25, 0.3) is 0 Å². The van der Waals surface area contributed by atoms with Gasteiger partial charge in [0.25, 0.3) is 0 Å². The minimum absolute atomic E-state index is 0.390. The van der Waals surface area contributed by atoms with Gasteiger partial charge in [0.05, 0.1) is 0 Å². The molecule has 2 unspecified atom stereocenters. The fourth-order valence-corrected chi connectivity index (χ4v) is 4.51. The average Bonchev–Trinajstić information content (AvgIpc) is 2.34. The Kier molecular flexibility index (Phi) is 7.42. The Labute approximate surface area is 101 Å². The van der Waals surface area contributed by atoms with Crippen molar-refractivity contribution in [3.05, 3.63) is 0 Å². The van der Waals surface area contributed by atoms with E-state index in [1.54, 1.807) is 21.3 Å². The number of hydrogen-bond donors (Lipinski definition) is 0. The summed E-state index contributed by atoms with van der Waals surface area (Å²) in [5.41, 5.74) is 0. The van der Waals surface area contributed by atoms with Crippen molar-refractivity contribution in [3.63, 3.8) is 0 Å². The molecule has 0 aromatic carbocycles. The van der Waals surface area contributed by atoms with Gasteiger partial charge in [-0.3, -0.25) is 4.57 Å². The lowest BCUT2D eigenvalue weighted by molar-refractivity contribution is 0.0269. The Balaban J connectivity index is 5.10. The summed E-state index contributed by atoms with van der Waals surface area (Å²) >= 11 is 0. The predicted octanol–water partition coefficient (Wildman–Crippen LogP) is 2.26. The van der Waals surface area contributed by atoms with E-state index in [4.69, 9.17) is 13.3 Å². The molecule has 4 nitrogen and oxygen atoms in total. The van der Waals surface area contributed by atoms with Crippen LogP contribution in [0.5, 0.6) is 0 Å². The molecule has 0 aromatic heterocycles. The van der Waals surface area contributed by atoms with Crippen molar-refractivity contribution in [2.75, 3.05) is 21.3 Å². The van der Waals surface area contributed by atoms with Crippen molar-refractivity contribution in [1.82, 2.24) is 4.57 Å². The standard InChI is InChI=1S/C11H27NO3Si/c1-8-10(3)12(11(4)9-2)16(13-5,14-6)15-7/h10-11H,8-9H2,1-7H3. The third kappa shape index (κ3) is 3.27. The molecular formula is C11H27NO3Si. The van der Waals surface area contributed by atoms with Crippen LogP contribution >= 0.6 is 0 Å². The normalized spacial score (nSPS) is 16.5. The largest absolute Gasteiger partial charge is 0.599 e. The lowest BCUT2D eigenvalue weighted by Crippen LogP contribution is -2.65. The highest BCUT2D eigenvalue weighted by Crippen LogP contribution is 2.23. The van der Waals surface area contributed by atoms with Crippen LogP contribution in [0.15, 0.2) is 0 Å². The molecule has 0 rings (SSSR count). The van der Waals surface area contributed by atoms with E-state index in [0.29, 0.717) is 12.1 Å². The summed E-state index contributed by atoms with van der Waals surface area (Å²) < 4.78 is 19.0. The Morgan fingerprint density at radius 3 is 1.38 bits per heavy atom. The molecule has 0 bridgehead atoms. The Bertz CT molecular complexity index is 170. The first-order chi connectivity index (χ1) is 7.52. The van der Waals surface area contributed by atoms with Gasteiger partial charge in [-0.15, -0.1) is 0 Å². The zero-order valence-corrected chi connectivity index (χ0v) is 12.7. The zero-order valence-electron chi connectivity index (χ0n) is 11.7. The smallest absolute Gasteiger partial charge is 0.364 e. The summed E-state index contributed by atoms with van der Waals surface area (Å²) in [6.07, 6.45) is 2.10. The molecule has 0 spiro atoms. The van der Waals surface area contributed by atoms with E-state index in [-0.39, 0.29) is 0 Å². The van der Waals surface area contributed by atoms with Crippen LogP contribution in [-0.4, -0.2) is 46.9 Å². The monoisotopic (exact) mass is 249 g/mol. The third-order valence-corrected chi connectivity index (χ3v) is 6.28. The van der Waals surface area contributed by atoms with Crippen LogP contribution < -0.4 is 0 Å². The molecule has 2 atom stereocenters. The Morgan fingerprint density at radius 1 is 0.875 bits per heavy atom. The van der Waals surface area contributed by atoms with Gasteiger partial charge in [-0.25, -0.2) is 0 Å². The first-order valence-electron chi connectivity index (χ1n) is 5.96. The van der Waals surface area contributed by atoms with E-state index >= 15 is 0 Å². The SMILES string of the molecule is CCC(C)N(C(C)CC)[Si](OC)(OC)OC. The van der Waals surface area contributed by atoms with Crippen LogP contribution in [0.3, 0.4) is 0 Å². The summed E-state index contributed by atoms with van der Waals surface area (Å²) in [7, 11) is 2.31. The Morgan fingerprint density at radius 2 is 1.19 bits per heavy atom. The molecule has 0 heterocycles. The van der Waals surface area contributed by atoms with Gasteiger partial charge in [0.1, 0.15) is 0 Å². The van der Waals surface area contributed by atoms with Gasteiger partial charge in [0.15, 0.2) is 0 Å². The maximum absolute atomic E-state index is 5.56. The highest BCUT2D eigenvalue weighted by atomic mass is 28.4. The summed E-state index contributed by atoms with van der Waals surface area (Å²) in [6, 6.07) is 0.780. The van der Waals surface area contributed by atoms with Crippen LogP contribution in [-0.2, 0) is 13.3 Å². The van der Waals surface area contributed by atoms with E-state index in [1.165, 1.54) is 0 Å². The van der Waals surface area contributed by atoms with Crippen molar-refractivity contribution >= 4 is 8.97 Å². The lowest BCUT2D eigenvalue weighted by Gasteiger charge is -2.42. The van der Waals surface area contributed by atoms with Crippen molar-refractivity contribution < 1.29 is 13.3 Å². The summed E-state index contributed by atoms with van der Waals surface area (Å²) in [5, 5.41) is 0. The quantitative estimate of drug-likeness (QED) is 0.617. The zero-order chi connectivity index (χ0) is 12.8. The molecule has 0 N–H and O–H groups in total. The summed E-state index contributed by atoms with van der Waals surface area (Å²) in [4.78, 5) is 0. The first-order valence-corrected chi connectivity index (χ1v) is 7.63. The topological polar surface area (TPSA) is 30.9 Å². The Hall–Kier alpha value is 0.0569. The van der Waals surface area contributed by atoms with Crippen LogP contribution in [0.4, 0.5) is 0 Å². The molecule has 0 fully saturated rings. The minimum Gasteiger partial charge on any atom is -0.364 e. The fourth-order valence-electron chi connectivity index (χ4n) is 1.93. The third-order valence-electron chi connectivity index (χ3n) is 3.22. The van der Waals surface area contributed by atoms with Gasteiger partial charge in [0.2, 0.25) is 0 Å². The van der Waals surface area contributed by atoms with Crippen molar-refractivity contribution in [2.45, 2.75) is 52.6 Å². The van der Waals surface area contributed by atoms with E-state index in [9.17, 15) is 0 Å². The van der Waals surface area contributed by atoms with E-state index in [2.05, 4.69) is 32.3 Å². The average molecular weight is 249 g/mol.